The molecule has 2 aromatic heterocycles. The van der Waals surface area contributed by atoms with Crippen molar-refractivity contribution in [3.8, 4) is 11.6 Å². The Balaban J connectivity index is 2.43. The molecule has 2 heterocycles. The summed E-state index contributed by atoms with van der Waals surface area (Å²) in [5, 5.41) is 3.65. The zero-order valence-electron chi connectivity index (χ0n) is 6.23. The summed E-state index contributed by atoms with van der Waals surface area (Å²) in [6.45, 7) is 0. The Morgan fingerprint density at radius 3 is 2.92 bits per heavy atom. The van der Waals surface area contributed by atoms with Gasteiger partial charge < -0.3 is 9.09 Å². The van der Waals surface area contributed by atoms with Crippen molar-refractivity contribution in [1.82, 2.24) is 19.7 Å². The van der Waals surface area contributed by atoms with Crippen LogP contribution < -0.4 is 0 Å². The summed E-state index contributed by atoms with van der Waals surface area (Å²) in [7, 11) is 1.89. The highest BCUT2D eigenvalue weighted by atomic mass is 127. The van der Waals surface area contributed by atoms with Crippen LogP contribution in [0.2, 0.25) is 0 Å². The van der Waals surface area contributed by atoms with Gasteiger partial charge in [-0.3, -0.25) is 0 Å². The van der Waals surface area contributed by atoms with Crippen LogP contribution in [0.1, 0.15) is 0 Å². The van der Waals surface area contributed by atoms with Crippen molar-refractivity contribution in [3.05, 3.63) is 16.4 Å². The standard InChI is InChI=1S/C6H5IN4O/c1-11-2-4(8-3-11)5-9-6(7)10-12-5/h2-3H,1H3. The second-order valence-electron chi connectivity index (χ2n) is 2.29. The maximum Gasteiger partial charge on any atom is 0.278 e. The highest BCUT2D eigenvalue weighted by molar-refractivity contribution is 14.1. The molecular weight excluding hydrogens is 271 g/mol. The molecular formula is C6H5IN4O. The van der Waals surface area contributed by atoms with E-state index in [4.69, 9.17) is 4.52 Å². The monoisotopic (exact) mass is 276 g/mol. The third-order valence-corrected chi connectivity index (χ3v) is 1.76. The summed E-state index contributed by atoms with van der Waals surface area (Å²) >= 11 is 1.98. The van der Waals surface area contributed by atoms with Crippen molar-refractivity contribution in [1.29, 1.82) is 0 Å². The number of rotatable bonds is 1. The zero-order valence-corrected chi connectivity index (χ0v) is 8.39. The van der Waals surface area contributed by atoms with E-state index in [-0.39, 0.29) is 0 Å². The quantitative estimate of drug-likeness (QED) is 0.731. The molecule has 0 aromatic carbocycles. The Morgan fingerprint density at radius 2 is 2.42 bits per heavy atom. The number of hydrogen-bond acceptors (Lipinski definition) is 4. The Morgan fingerprint density at radius 1 is 1.58 bits per heavy atom. The molecule has 0 saturated heterocycles. The van der Waals surface area contributed by atoms with E-state index in [1.807, 2.05) is 40.4 Å². The highest BCUT2D eigenvalue weighted by Gasteiger charge is 2.08. The molecule has 0 radical (unpaired) electrons. The van der Waals surface area contributed by atoms with Gasteiger partial charge in [0, 0.05) is 35.8 Å². The van der Waals surface area contributed by atoms with Gasteiger partial charge in [-0.2, -0.15) is 4.98 Å². The van der Waals surface area contributed by atoms with Crippen LogP contribution in [0.3, 0.4) is 0 Å². The molecule has 0 aliphatic heterocycles. The molecule has 2 aromatic rings. The molecule has 0 atom stereocenters. The molecule has 12 heavy (non-hydrogen) atoms. The summed E-state index contributed by atoms with van der Waals surface area (Å²) < 4.78 is 7.34. The minimum absolute atomic E-state index is 0.458. The van der Waals surface area contributed by atoms with Crippen molar-refractivity contribution in [2.75, 3.05) is 0 Å². The molecule has 0 bridgehead atoms. The van der Waals surface area contributed by atoms with Crippen LogP contribution in [0.15, 0.2) is 17.0 Å². The SMILES string of the molecule is Cn1cnc(-c2nc(I)no2)c1. The van der Waals surface area contributed by atoms with Crippen LogP contribution in [0.5, 0.6) is 0 Å². The smallest absolute Gasteiger partial charge is 0.278 e. The van der Waals surface area contributed by atoms with E-state index in [1.54, 1.807) is 6.33 Å². The van der Waals surface area contributed by atoms with Crippen molar-refractivity contribution in [3.63, 3.8) is 0 Å². The van der Waals surface area contributed by atoms with E-state index in [0.29, 0.717) is 15.4 Å². The Labute approximate surface area is 81.9 Å². The number of hydrogen-bond donors (Lipinski definition) is 0. The van der Waals surface area contributed by atoms with Gasteiger partial charge in [0.15, 0.2) is 0 Å². The molecule has 62 valence electrons. The number of nitrogens with zero attached hydrogens (tertiary/aromatic N) is 4. The van der Waals surface area contributed by atoms with Gasteiger partial charge in [0.25, 0.3) is 5.89 Å². The Bertz CT molecular complexity index is 355. The van der Waals surface area contributed by atoms with Gasteiger partial charge in [-0.05, 0) is 0 Å². The summed E-state index contributed by atoms with van der Waals surface area (Å²) in [4.78, 5) is 8.09. The Kier molecular flexibility index (Phi) is 1.83. The molecule has 0 N–H and O–H groups in total. The molecule has 5 nitrogen and oxygen atoms in total. The average Bonchev–Trinajstić information content (AvgIpc) is 2.58. The zero-order chi connectivity index (χ0) is 8.55. The minimum Gasteiger partial charge on any atom is -0.340 e. The number of aryl methyl sites for hydroxylation is 1. The van der Waals surface area contributed by atoms with Crippen molar-refractivity contribution in [2.24, 2.45) is 7.05 Å². The van der Waals surface area contributed by atoms with Gasteiger partial charge in [-0.1, -0.05) is 5.16 Å². The minimum atomic E-state index is 0.458. The fourth-order valence-corrected chi connectivity index (χ4v) is 1.15. The molecule has 6 heteroatoms. The summed E-state index contributed by atoms with van der Waals surface area (Å²) in [5.74, 6) is 0.458. The lowest BCUT2D eigenvalue weighted by molar-refractivity contribution is 0.424. The third-order valence-electron chi connectivity index (χ3n) is 1.33. The summed E-state index contributed by atoms with van der Waals surface area (Å²) in [5.41, 5.74) is 0.702. The van der Waals surface area contributed by atoms with Crippen molar-refractivity contribution in [2.45, 2.75) is 0 Å². The van der Waals surface area contributed by atoms with E-state index in [2.05, 4.69) is 15.1 Å². The van der Waals surface area contributed by atoms with E-state index < -0.39 is 0 Å². The maximum absolute atomic E-state index is 4.92. The van der Waals surface area contributed by atoms with Crippen LogP contribution >= 0.6 is 22.6 Å². The first-order valence-corrected chi connectivity index (χ1v) is 4.31. The number of imidazole rings is 1. The topological polar surface area (TPSA) is 56.7 Å². The first-order valence-electron chi connectivity index (χ1n) is 3.23. The van der Waals surface area contributed by atoms with Crippen LogP contribution in [0.4, 0.5) is 0 Å². The lowest BCUT2D eigenvalue weighted by atomic mass is 10.5. The molecule has 2 rings (SSSR count). The van der Waals surface area contributed by atoms with Gasteiger partial charge in [0.05, 0.1) is 6.33 Å². The molecule has 0 spiro atoms. The molecule has 0 amide bonds. The van der Waals surface area contributed by atoms with Crippen LogP contribution in [0.25, 0.3) is 11.6 Å². The Hall–Kier alpha value is -0.920. The number of halogens is 1. The third kappa shape index (κ3) is 1.33. The van der Waals surface area contributed by atoms with E-state index >= 15 is 0 Å². The van der Waals surface area contributed by atoms with Gasteiger partial charge in [-0.25, -0.2) is 4.98 Å². The van der Waals surface area contributed by atoms with Gasteiger partial charge in [0.1, 0.15) is 5.69 Å². The van der Waals surface area contributed by atoms with E-state index in [1.165, 1.54) is 0 Å². The molecule has 0 aliphatic carbocycles. The lowest BCUT2D eigenvalue weighted by Crippen LogP contribution is -1.78. The predicted octanol–water partition coefficient (Wildman–Crippen LogP) is 1.07. The molecule has 0 unspecified atom stereocenters. The van der Waals surface area contributed by atoms with E-state index in [9.17, 15) is 0 Å². The summed E-state index contributed by atoms with van der Waals surface area (Å²) in [6, 6.07) is 0. The van der Waals surface area contributed by atoms with Gasteiger partial charge in [-0.15, -0.1) is 0 Å². The van der Waals surface area contributed by atoms with Crippen LogP contribution in [0, 0.1) is 3.83 Å². The molecule has 0 aliphatic rings. The van der Waals surface area contributed by atoms with Crippen LogP contribution in [-0.2, 0) is 7.05 Å². The lowest BCUT2D eigenvalue weighted by Gasteiger charge is -1.82. The second kappa shape index (κ2) is 2.85. The first kappa shape index (κ1) is 7.71. The predicted molar refractivity (Wildman–Crippen MR) is 49.2 cm³/mol. The molecule has 0 saturated carbocycles. The highest BCUT2D eigenvalue weighted by Crippen LogP contribution is 2.13. The van der Waals surface area contributed by atoms with Gasteiger partial charge in [0.2, 0.25) is 3.83 Å². The average molecular weight is 276 g/mol. The van der Waals surface area contributed by atoms with Gasteiger partial charge >= 0.3 is 0 Å². The fraction of sp³-hybridized carbons (Fsp3) is 0.167. The second-order valence-corrected chi connectivity index (χ2v) is 3.26. The van der Waals surface area contributed by atoms with Crippen molar-refractivity contribution >= 4 is 22.6 Å². The summed E-state index contributed by atoms with van der Waals surface area (Å²) in [6.07, 6.45) is 3.51. The largest absolute Gasteiger partial charge is 0.340 e. The fourth-order valence-electron chi connectivity index (χ4n) is 0.833. The van der Waals surface area contributed by atoms with E-state index in [0.717, 1.165) is 0 Å². The first-order chi connectivity index (χ1) is 5.75. The van der Waals surface area contributed by atoms with Crippen molar-refractivity contribution < 1.29 is 4.52 Å². The maximum atomic E-state index is 4.92. The number of aromatic nitrogens is 4. The normalized spacial score (nSPS) is 10.5. The molecule has 0 fully saturated rings. The van der Waals surface area contributed by atoms with Crippen LogP contribution in [-0.4, -0.2) is 19.7 Å².